The largest absolute Gasteiger partial charge is 0.456 e. The van der Waals surface area contributed by atoms with E-state index in [9.17, 15) is 0 Å². The Labute approximate surface area is 109 Å². The highest BCUT2D eigenvalue weighted by Gasteiger charge is 2.00. The average Bonchev–Trinajstić information content (AvgIpc) is 2.30. The molecule has 17 heavy (non-hydrogen) atoms. The van der Waals surface area contributed by atoms with Gasteiger partial charge in [0.05, 0.1) is 6.20 Å². The molecule has 2 aromatic rings. The fourth-order valence-corrected chi connectivity index (χ4v) is 1.86. The molecule has 0 aliphatic heterocycles. The fraction of sp³-hybridized carbons (Fsp3) is 0.154. The van der Waals surface area contributed by atoms with Crippen molar-refractivity contribution in [1.82, 2.24) is 4.98 Å². The summed E-state index contributed by atoms with van der Waals surface area (Å²) in [5.74, 6) is 1.51. The molecule has 0 spiro atoms. The van der Waals surface area contributed by atoms with Gasteiger partial charge in [-0.2, -0.15) is 0 Å². The van der Waals surface area contributed by atoms with Crippen molar-refractivity contribution < 1.29 is 4.74 Å². The maximum atomic E-state index is 5.71. The van der Waals surface area contributed by atoms with Crippen molar-refractivity contribution in [2.24, 2.45) is 5.73 Å². The van der Waals surface area contributed by atoms with E-state index in [1.165, 1.54) is 5.56 Å². The number of hydrogen-bond acceptors (Lipinski definition) is 3. The second-order valence-corrected chi connectivity index (χ2v) is 4.54. The van der Waals surface area contributed by atoms with E-state index < -0.39 is 0 Å². The molecular weight excluding hydrogens is 280 g/mol. The van der Waals surface area contributed by atoms with Gasteiger partial charge in [-0.05, 0) is 52.7 Å². The third-order valence-electron chi connectivity index (χ3n) is 2.25. The molecule has 4 heteroatoms. The second kappa shape index (κ2) is 5.80. The minimum atomic E-state index is 0.641. The van der Waals surface area contributed by atoms with Gasteiger partial charge < -0.3 is 10.5 Å². The Balaban J connectivity index is 2.15. The molecule has 2 N–H and O–H groups in total. The van der Waals surface area contributed by atoms with E-state index in [1.807, 2.05) is 30.3 Å². The van der Waals surface area contributed by atoms with Gasteiger partial charge in [-0.1, -0.05) is 12.1 Å². The monoisotopic (exact) mass is 292 g/mol. The van der Waals surface area contributed by atoms with E-state index in [2.05, 4.69) is 20.9 Å². The lowest BCUT2D eigenvalue weighted by atomic mass is 10.1. The molecule has 0 radical (unpaired) electrons. The maximum Gasteiger partial charge on any atom is 0.146 e. The van der Waals surface area contributed by atoms with Crippen LogP contribution in [0.4, 0.5) is 0 Å². The van der Waals surface area contributed by atoms with Gasteiger partial charge >= 0.3 is 0 Å². The van der Waals surface area contributed by atoms with Crippen LogP contribution in [0.5, 0.6) is 11.5 Å². The highest BCUT2D eigenvalue weighted by atomic mass is 79.9. The van der Waals surface area contributed by atoms with Crippen LogP contribution in [0.2, 0.25) is 0 Å². The van der Waals surface area contributed by atoms with Crippen LogP contribution in [-0.2, 0) is 6.42 Å². The molecule has 0 aliphatic rings. The van der Waals surface area contributed by atoms with Crippen LogP contribution in [0, 0.1) is 0 Å². The molecule has 3 nitrogen and oxygen atoms in total. The molecular formula is C13H13BrN2O. The summed E-state index contributed by atoms with van der Waals surface area (Å²) >= 11 is 3.36. The molecule has 0 fully saturated rings. The van der Waals surface area contributed by atoms with Gasteiger partial charge in [0.1, 0.15) is 11.5 Å². The maximum absolute atomic E-state index is 5.71. The number of rotatable bonds is 4. The van der Waals surface area contributed by atoms with Crippen LogP contribution in [0.25, 0.3) is 0 Å². The zero-order chi connectivity index (χ0) is 12.1. The molecule has 0 atom stereocenters. The van der Waals surface area contributed by atoms with Crippen molar-refractivity contribution in [3.8, 4) is 11.5 Å². The highest BCUT2D eigenvalue weighted by Crippen LogP contribution is 2.23. The Morgan fingerprint density at radius 1 is 1.18 bits per heavy atom. The van der Waals surface area contributed by atoms with Gasteiger partial charge in [0, 0.05) is 10.7 Å². The summed E-state index contributed by atoms with van der Waals surface area (Å²) in [5.41, 5.74) is 6.70. The topological polar surface area (TPSA) is 48.1 Å². The van der Waals surface area contributed by atoms with E-state index in [-0.39, 0.29) is 0 Å². The lowest BCUT2D eigenvalue weighted by Gasteiger charge is -2.07. The molecule has 0 amide bonds. The second-order valence-electron chi connectivity index (χ2n) is 3.63. The summed E-state index contributed by atoms with van der Waals surface area (Å²) in [7, 11) is 0. The lowest BCUT2D eigenvalue weighted by Crippen LogP contribution is -2.02. The quantitative estimate of drug-likeness (QED) is 0.942. The molecule has 2 rings (SSSR count). The van der Waals surface area contributed by atoms with Crippen LogP contribution in [-0.4, -0.2) is 11.5 Å². The highest BCUT2D eigenvalue weighted by molar-refractivity contribution is 9.10. The SMILES string of the molecule is NCCc1cccc(Oc2cncc(Br)c2)c1. The van der Waals surface area contributed by atoms with Crippen molar-refractivity contribution >= 4 is 15.9 Å². The summed E-state index contributed by atoms with van der Waals surface area (Å²) < 4.78 is 6.61. The first-order valence-corrected chi connectivity index (χ1v) is 6.14. The van der Waals surface area contributed by atoms with Crippen molar-refractivity contribution in [2.45, 2.75) is 6.42 Å². The summed E-state index contributed by atoms with van der Waals surface area (Å²) in [6.07, 6.45) is 4.26. The number of aromatic nitrogens is 1. The van der Waals surface area contributed by atoms with Gasteiger partial charge in [-0.25, -0.2) is 0 Å². The smallest absolute Gasteiger partial charge is 0.146 e. The summed E-state index contributed by atoms with van der Waals surface area (Å²) in [6.45, 7) is 0.641. The van der Waals surface area contributed by atoms with E-state index in [1.54, 1.807) is 12.4 Å². The average molecular weight is 293 g/mol. The zero-order valence-corrected chi connectivity index (χ0v) is 10.9. The molecule has 88 valence electrons. The molecule has 0 unspecified atom stereocenters. The number of ether oxygens (including phenoxy) is 1. The minimum absolute atomic E-state index is 0.641. The van der Waals surface area contributed by atoms with Crippen LogP contribution in [0.15, 0.2) is 47.2 Å². The number of benzene rings is 1. The number of pyridine rings is 1. The Bertz CT molecular complexity index is 502. The Morgan fingerprint density at radius 2 is 2.06 bits per heavy atom. The summed E-state index contributed by atoms with van der Waals surface area (Å²) in [6, 6.07) is 9.79. The number of nitrogens with zero attached hydrogens (tertiary/aromatic N) is 1. The molecule has 0 aliphatic carbocycles. The van der Waals surface area contributed by atoms with Crippen molar-refractivity contribution in [3.05, 3.63) is 52.8 Å². The van der Waals surface area contributed by atoms with Crippen molar-refractivity contribution in [1.29, 1.82) is 0 Å². The van der Waals surface area contributed by atoms with Crippen molar-refractivity contribution in [3.63, 3.8) is 0 Å². The Hall–Kier alpha value is -1.39. The first-order valence-electron chi connectivity index (χ1n) is 5.35. The summed E-state index contributed by atoms with van der Waals surface area (Å²) in [4.78, 5) is 4.05. The van der Waals surface area contributed by atoms with Crippen LogP contribution < -0.4 is 10.5 Å². The van der Waals surface area contributed by atoms with Crippen LogP contribution in [0.3, 0.4) is 0 Å². The zero-order valence-electron chi connectivity index (χ0n) is 9.27. The number of halogens is 1. The van der Waals surface area contributed by atoms with E-state index in [4.69, 9.17) is 10.5 Å². The van der Waals surface area contributed by atoms with Gasteiger partial charge in [0.15, 0.2) is 0 Å². The third kappa shape index (κ3) is 3.54. The molecule has 0 bridgehead atoms. The van der Waals surface area contributed by atoms with Gasteiger partial charge in [0.25, 0.3) is 0 Å². The van der Waals surface area contributed by atoms with E-state index in [0.717, 1.165) is 16.6 Å². The number of hydrogen-bond donors (Lipinski definition) is 1. The number of nitrogens with two attached hydrogens (primary N) is 1. The van der Waals surface area contributed by atoms with Gasteiger partial charge in [-0.15, -0.1) is 0 Å². The Kier molecular flexibility index (Phi) is 4.12. The van der Waals surface area contributed by atoms with E-state index >= 15 is 0 Å². The van der Waals surface area contributed by atoms with Crippen LogP contribution in [0.1, 0.15) is 5.56 Å². The minimum Gasteiger partial charge on any atom is -0.456 e. The standard InChI is InChI=1S/C13H13BrN2O/c14-11-7-13(9-16-8-11)17-12-3-1-2-10(6-12)4-5-15/h1-3,6-9H,4-5,15H2. The molecule has 0 saturated heterocycles. The fourth-order valence-electron chi connectivity index (χ4n) is 1.52. The first kappa shape index (κ1) is 12.1. The molecule has 1 aromatic carbocycles. The molecule has 1 heterocycles. The predicted molar refractivity (Wildman–Crippen MR) is 71.2 cm³/mol. The first-order chi connectivity index (χ1) is 8.28. The molecule has 1 aromatic heterocycles. The molecule has 0 saturated carbocycles. The predicted octanol–water partition coefficient (Wildman–Crippen LogP) is 3.14. The van der Waals surface area contributed by atoms with Gasteiger partial charge in [-0.3, -0.25) is 4.98 Å². The normalized spacial score (nSPS) is 10.2. The van der Waals surface area contributed by atoms with Crippen molar-refractivity contribution in [2.75, 3.05) is 6.54 Å². The lowest BCUT2D eigenvalue weighted by molar-refractivity contribution is 0.479. The third-order valence-corrected chi connectivity index (χ3v) is 2.68. The van der Waals surface area contributed by atoms with Crippen LogP contribution >= 0.6 is 15.9 Å². The summed E-state index contributed by atoms with van der Waals surface area (Å²) in [5, 5.41) is 0. The van der Waals surface area contributed by atoms with Gasteiger partial charge in [0.2, 0.25) is 0 Å². The van der Waals surface area contributed by atoms with E-state index in [0.29, 0.717) is 12.3 Å². The Morgan fingerprint density at radius 3 is 2.82 bits per heavy atom.